The number of rotatable bonds is 12. The van der Waals surface area contributed by atoms with Gasteiger partial charge in [0.15, 0.2) is 11.6 Å². The van der Waals surface area contributed by atoms with Crippen molar-refractivity contribution in [2.45, 2.75) is 64.0 Å². The highest BCUT2D eigenvalue weighted by Crippen LogP contribution is 2.31. The first kappa shape index (κ1) is 25.9. The Morgan fingerprint density at radius 3 is 2.56 bits per heavy atom. The van der Waals surface area contributed by atoms with Crippen molar-refractivity contribution in [3.63, 3.8) is 0 Å². The van der Waals surface area contributed by atoms with Gasteiger partial charge in [0, 0.05) is 5.75 Å². The van der Waals surface area contributed by atoms with Crippen molar-refractivity contribution in [2.24, 2.45) is 0 Å². The number of ether oxygens (including phenoxy) is 4. The van der Waals surface area contributed by atoms with Crippen LogP contribution in [0, 0.1) is 5.82 Å². The van der Waals surface area contributed by atoms with Crippen LogP contribution in [0.3, 0.4) is 0 Å². The molecule has 1 N–H and O–H groups in total. The van der Waals surface area contributed by atoms with Crippen molar-refractivity contribution in [3.8, 4) is 0 Å². The lowest BCUT2D eigenvalue weighted by Gasteiger charge is -2.15. The van der Waals surface area contributed by atoms with Crippen LogP contribution in [-0.2, 0) is 18.9 Å². The Labute approximate surface area is 190 Å². The average molecular weight is 476 g/mol. The lowest BCUT2D eigenvalue weighted by Crippen LogP contribution is -2.31. The normalized spacial score (nSPS) is 17.7. The first-order valence-electron chi connectivity index (χ1n) is 10.7. The van der Waals surface area contributed by atoms with E-state index in [-0.39, 0.29) is 13.2 Å². The van der Waals surface area contributed by atoms with Crippen LogP contribution in [0.5, 0.6) is 0 Å². The molecule has 0 aliphatic carbocycles. The second kappa shape index (κ2) is 13.9. The van der Waals surface area contributed by atoms with E-state index in [9.17, 15) is 18.8 Å². The molecule has 1 saturated heterocycles. The number of halogens is 1. The van der Waals surface area contributed by atoms with Crippen molar-refractivity contribution in [1.82, 2.24) is 9.55 Å². The van der Waals surface area contributed by atoms with Gasteiger partial charge in [-0.1, -0.05) is 39.5 Å². The smallest absolute Gasteiger partial charge is 0.449 e. The van der Waals surface area contributed by atoms with Crippen molar-refractivity contribution < 1.29 is 32.9 Å². The van der Waals surface area contributed by atoms with Gasteiger partial charge in [0.1, 0.15) is 18.3 Å². The van der Waals surface area contributed by atoms with Crippen molar-refractivity contribution in [2.75, 3.05) is 30.9 Å². The summed E-state index contributed by atoms with van der Waals surface area (Å²) in [6.45, 7) is 4.48. The molecule has 0 aromatic carbocycles. The lowest BCUT2D eigenvalue weighted by molar-refractivity contribution is -0.0242. The van der Waals surface area contributed by atoms with Crippen molar-refractivity contribution >= 4 is 29.8 Å². The molecule has 2 heterocycles. The van der Waals surface area contributed by atoms with Crippen LogP contribution in [0.25, 0.3) is 0 Å². The number of aromatic nitrogens is 2. The maximum Gasteiger partial charge on any atom is 0.508 e. The second-order valence-electron chi connectivity index (χ2n) is 7.07. The van der Waals surface area contributed by atoms with E-state index in [0.29, 0.717) is 18.8 Å². The van der Waals surface area contributed by atoms with Gasteiger partial charge in [-0.25, -0.2) is 18.8 Å². The van der Waals surface area contributed by atoms with E-state index in [1.54, 1.807) is 0 Å². The third kappa shape index (κ3) is 8.65. The maximum absolute atomic E-state index is 14.4. The highest BCUT2D eigenvalue weighted by molar-refractivity contribution is 8.00. The van der Waals surface area contributed by atoms with Crippen molar-refractivity contribution in [1.29, 1.82) is 0 Å². The van der Waals surface area contributed by atoms with Crippen LogP contribution >= 0.6 is 11.8 Å². The SMILES string of the molecule is CCCCCOC(=O)Nc1nc(=O)n([C@@H]2CS[C@H](COC(=O)OCCCCC)O2)cc1F. The number of nitrogens with one attached hydrogen (secondary N) is 1. The number of nitrogens with zero attached hydrogens (tertiary/aromatic N) is 2. The summed E-state index contributed by atoms with van der Waals surface area (Å²) in [6, 6.07) is 0. The Morgan fingerprint density at radius 2 is 1.88 bits per heavy atom. The average Bonchev–Trinajstić information content (AvgIpc) is 3.24. The minimum absolute atomic E-state index is 0.0675. The zero-order chi connectivity index (χ0) is 23.3. The van der Waals surface area contributed by atoms with E-state index in [1.807, 2.05) is 13.8 Å². The minimum Gasteiger partial charge on any atom is -0.449 e. The fourth-order valence-corrected chi connectivity index (χ4v) is 3.74. The molecule has 0 unspecified atom stereocenters. The molecule has 0 spiro atoms. The maximum atomic E-state index is 14.4. The first-order chi connectivity index (χ1) is 15.4. The second-order valence-corrected chi connectivity index (χ2v) is 8.26. The van der Waals surface area contributed by atoms with Crippen LogP contribution in [0.2, 0.25) is 0 Å². The molecule has 1 aromatic rings. The van der Waals surface area contributed by atoms with E-state index in [4.69, 9.17) is 18.9 Å². The molecular weight excluding hydrogens is 445 g/mol. The van der Waals surface area contributed by atoms with E-state index >= 15 is 0 Å². The van der Waals surface area contributed by atoms with Gasteiger partial charge in [-0.05, 0) is 12.8 Å². The van der Waals surface area contributed by atoms with Gasteiger partial charge in [0.05, 0.1) is 19.4 Å². The molecular formula is C20H30FN3O7S. The molecule has 1 aliphatic heterocycles. The lowest BCUT2D eigenvalue weighted by atomic mass is 10.3. The molecule has 1 aliphatic rings. The molecule has 2 atom stereocenters. The number of amides is 1. The number of hydrogen-bond donors (Lipinski definition) is 1. The number of carbonyl (C=O) groups excluding carboxylic acids is 2. The zero-order valence-electron chi connectivity index (χ0n) is 18.3. The largest absolute Gasteiger partial charge is 0.508 e. The standard InChI is InChI=1S/C20H30FN3O7S/c1-3-5-7-9-28-19(26)23-17-14(21)11-24(18(25)22-17)15-13-32-16(31-15)12-30-20(27)29-10-8-6-4-2/h11,15-16H,3-10,12-13H2,1-2H3,(H,22,23,25,26)/t15-,16+/m0/s1. The number of thioether (sulfide) groups is 1. The van der Waals surface area contributed by atoms with Crippen LogP contribution in [-0.4, -0.2) is 52.8 Å². The van der Waals surface area contributed by atoms with E-state index in [1.165, 1.54) is 11.8 Å². The molecule has 1 amide bonds. The summed E-state index contributed by atoms with van der Waals surface area (Å²) in [6.07, 6.45) is 3.78. The highest BCUT2D eigenvalue weighted by atomic mass is 32.2. The number of carbonyl (C=O) groups is 2. The Kier molecular flexibility index (Phi) is 11.3. The fourth-order valence-electron chi connectivity index (χ4n) is 2.75. The Morgan fingerprint density at radius 1 is 1.19 bits per heavy atom. The monoisotopic (exact) mass is 475 g/mol. The molecule has 180 valence electrons. The number of anilines is 1. The topological polar surface area (TPSA) is 118 Å². The van der Waals surface area contributed by atoms with Gasteiger partial charge >= 0.3 is 17.9 Å². The van der Waals surface area contributed by atoms with Crippen LogP contribution in [0.4, 0.5) is 19.8 Å². The van der Waals surface area contributed by atoms with Crippen molar-refractivity contribution in [3.05, 3.63) is 22.5 Å². The summed E-state index contributed by atoms with van der Waals surface area (Å²) in [5.41, 5.74) is -1.33. The molecule has 2 rings (SSSR count). The van der Waals surface area contributed by atoms with E-state index in [0.717, 1.165) is 42.9 Å². The third-order valence-corrected chi connectivity index (χ3v) is 5.55. The summed E-state index contributed by atoms with van der Waals surface area (Å²) in [7, 11) is 0. The predicted octanol–water partition coefficient (Wildman–Crippen LogP) is 4.05. The summed E-state index contributed by atoms with van der Waals surface area (Å²) < 4.78 is 35.9. The van der Waals surface area contributed by atoms with Gasteiger partial charge < -0.3 is 18.9 Å². The first-order valence-corrected chi connectivity index (χ1v) is 11.8. The van der Waals surface area contributed by atoms with Crippen LogP contribution in [0.15, 0.2) is 11.0 Å². The Bertz CT molecular complexity index is 808. The van der Waals surface area contributed by atoms with Crippen LogP contribution in [0.1, 0.15) is 58.6 Å². The highest BCUT2D eigenvalue weighted by Gasteiger charge is 2.30. The summed E-state index contributed by atoms with van der Waals surface area (Å²) >= 11 is 1.31. The third-order valence-electron chi connectivity index (χ3n) is 4.46. The van der Waals surface area contributed by atoms with Gasteiger partial charge in [-0.2, -0.15) is 4.98 Å². The predicted molar refractivity (Wildman–Crippen MR) is 116 cm³/mol. The zero-order valence-corrected chi connectivity index (χ0v) is 19.2. The fraction of sp³-hybridized carbons (Fsp3) is 0.700. The molecule has 1 fully saturated rings. The van der Waals surface area contributed by atoms with Gasteiger partial charge in [0.2, 0.25) is 0 Å². The summed E-state index contributed by atoms with van der Waals surface area (Å²) in [5.74, 6) is -1.09. The number of hydrogen-bond acceptors (Lipinski definition) is 9. The summed E-state index contributed by atoms with van der Waals surface area (Å²) in [4.78, 5) is 39.2. The van der Waals surface area contributed by atoms with E-state index < -0.39 is 41.2 Å². The van der Waals surface area contributed by atoms with Gasteiger partial charge in [-0.15, -0.1) is 11.8 Å². The molecule has 0 radical (unpaired) electrons. The molecule has 32 heavy (non-hydrogen) atoms. The van der Waals surface area contributed by atoms with Gasteiger partial charge in [-0.3, -0.25) is 9.88 Å². The molecule has 1 aromatic heterocycles. The quantitative estimate of drug-likeness (QED) is 0.353. The Balaban J connectivity index is 1.82. The number of unbranched alkanes of at least 4 members (excludes halogenated alkanes) is 4. The summed E-state index contributed by atoms with van der Waals surface area (Å²) in [5, 5.41) is 2.13. The van der Waals surface area contributed by atoms with E-state index in [2.05, 4.69) is 10.3 Å². The molecule has 0 saturated carbocycles. The molecule has 12 heteroatoms. The molecule has 0 bridgehead atoms. The Hall–Kier alpha value is -2.34. The van der Waals surface area contributed by atoms with Gasteiger partial charge in [0.25, 0.3) is 0 Å². The minimum atomic E-state index is -0.904. The molecule has 10 nitrogen and oxygen atoms in total. The van der Waals surface area contributed by atoms with Crippen LogP contribution < -0.4 is 11.0 Å².